The van der Waals surface area contributed by atoms with Crippen LogP contribution >= 0.6 is 0 Å². The lowest BCUT2D eigenvalue weighted by molar-refractivity contribution is 0.0459. The molecule has 0 aromatic carbocycles. The van der Waals surface area contributed by atoms with E-state index in [1.807, 2.05) is 41.5 Å². The van der Waals surface area contributed by atoms with Gasteiger partial charge in [-0.2, -0.15) is 0 Å². The summed E-state index contributed by atoms with van der Waals surface area (Å²) in [6.45, 7) is 12.2. The largest absolute Gasteiger partial charge is 0.444 e. The van der Waals surface area contributed by atoms with Crippen molar-refractivity contribution in [1.82, 2.24) is 16.0 Å². The second-order valence-electron chi connectivity index (χ2n) is 7.89. The molecule has 3 N–H and O–H groups in total. The fourth-order valence-electron chi connectivity index (χ4n) is 2.13. The van der Waals surface area contributed by atoms with Gasteiger partial charge in [-0.1, -0.05) is 0 Å². The lowest BCUT2D eigenvalue weighted by Gasteiger charge is -2.36. The molecule has 0 atom stereocenters. The van der Waals surface area contributed by atoms with Crippen LogP contribution in [0.15, 0.2) is 0 Å². The van der Waals surface area contributed by atoms with Crippen LogP contribution in [-0.4, -0.2) is 48.6 Å². The van der Waals surface area contributed by atoms with E-state index in [1.165, 1.54) is 0 Å². The molecule has 0 aromatic rings. The van der Waals surface area contributed by atoms with Gasteiger partial charge in [0, 0.05) is 25.2 Å². The van der Waals surface area contributed by atoms with Crippen molar-refractivity contribution in [3.8, 4) is 0 Å². The molecule has 23 heavy (non-hydrogen) atoms. The topological polar surface area (TPSA) is 88.7 Å². The Morgan fingerprint density at radius 2 is 1.39 bits per heavy atom. The van der Waals surface area contributed by atoms with Crippen molar-refractivity contribution in [2.24, 2.45) is 0 Å². The summed E-state index contributed by atoms with van der Waals surface area (Å²) in [6, 6.07) is 0.511. The molecule has 0 bridgehead atoms. The Kier molecular flexibility index (Phi) is 6.68. The quantitative estimate of drug-likeness (QED) is 0.673. The van der Waals surface area contributed by atoms with Gasteiger partial charge >= 0.3 is 12.2 Å². The number of ether oxygens (including phenoxy) is 2. The average molecular weight is 329 g/mol. The molecule has 1 rings (SSSR count). The van der Waals surface area contributed by atoms with E-state index in [0.717, 1.165) is 12.8 Å². The number of carbonyl (C=O) groups excluding carboxylic acids is 2. The van der Waals surface area contributed by atoms with Gasteiger partial charge < -0.3 is 25.4 Å². The van der Waals surface area contributed by atoms with Crippen LogP contribution in [0.5, 0.6) is 0 Å². The monoisotopic (exact) mass is 329 g/mol. The van der Waals surface area contributed by atoms with E-state index in [1.54, 1.807) is 0 Å². The fraction of sp³-hybridized carbons (Fsp3) is 0.875. The van der Waals surface area contributed by atoms with Crippen molar-refractivity contribution in [1.29, 1.82) is 0 Å². The number of amides is 2. The highest BCUT2D eigenvalue weighted by molar-refractivity contribution is 5.68. The molecular formula is C16H31N3O4. The molecule has 7 nitrogen and oxygen atoms in total. The van der Waals surface area contributed by atoms with Crippen LogP contribution in [0.2, 0.25) is 0 Å². The van der Waals surface area contributed by atoms with Gasteiger partial charge in [-0.05, 0) is 54.4 Å². The SMILES string of the molecule is CC(C)(C)OC(=O)NCCNC1CC(NC(=O)OC(C)(C)C)C1. The number of alkyl carbamates (subject to hydrolysis) is 2. The van der Waals surface area contributed by atoms with E-state index in [2.05, 4.69) is 16.0 Å². The molecule has 1 saturated carbocycles. The minimum absolute atomic E-state index is 0.154. The van der Waals surface area contributed by atoms with Gasteiger partial charge in [-0.25, -0.2) is 9.59 Å². The van der Waals surface area contributed by atoms with Crippen LogP contribution in [0.3, 0.4) is 0 Å². The van der Waals surface area contributed by atoms with E-state index in [0.29, 0.717) is 19.1 Å². The Labute approximate surface area is 138 Å². The lowest BCUT2D eigenvalue weighted by atomic mass is 9.87. The molecule has 0 radical (unpaired) electrons. The summed E-state index contributed by atoms with van der Waals surface area (Å²) in [4.78, 5) is 23.1. The maximum absolute atomic E-state index is 11.6. The first-order valence-corrected chi connectivity index (χ1v) is 8.14. The van der Waals surface area contributed by atoms with E-state index in [9.17, 15) is 9.59 Å². The molecule has 0 unspecified atom stereocenters. The Morgan fingerprint density at radius 3 is 1.91 bits per heavy atom. The van der Waals surface area contributed by atoms with Crippen LogP contribution in [0.1, 0.15) is 54.4 Å². The lowest BCUT2D eigenvalue weighted by Crippen LogP contribution is -2.54. The number of carbonyl (C=O) groups is 2. The van der Waals surface area contributed by atoms with Gasteiger partial charge in [-0.3, -0.25) is 0 Å². The highest BCUT2D eigenvalue weighted by Gasteiger charge is 2.31. The zero-order chi connectivity index (χ0) is 17.7. The van der Waals surface area contributed by atoms with Crippen molar-refractivity contribution in [2.75, 3.05) is 13.1 Å². The third kappa shape index (κ3) is 9.28. The Balaban J connectivity index is 2.04. The zero-order valence-corrected chi connectivity index (χ0v) is 15.1. The molecule has 2 amide bonds. The van der Waals surface area contributed by atoms with Gasteiger partial charge in [0.05, 0.1) is 0 Å². The third-order valence-corrected chi connectivity index (χ3v) is 3.09. The van der Waals surface area contributed by atoms with E-state index >= 15 is 0 Å². The summed E-state index contributed by atoms with van der Waals surface area (Å²) in [5, 5.41) is 8.87. The first kappa shape index (κ1) is 19.5. The van der Waals surface area contributed by atoms with Crippen LogP contribution in [0.25, 0.3) is 0 Å². The predicted molar refractivity (Wildman–Crippen MR) is 88.4 cm³/mol. The fourth-order valence-corrected chi connectivity index (χ4v) is 2.13. The van der Waals surface area contributed by atoms with Gasteiger partial charge in [0.25, 0.3) is 0 Å². The van der Waals surface area contributed by atoms with Crippen LogP contribution in [0, 0.1) is 0 Å². The normalized spacial score (nSPS) is 21.1. The van der Waals surface area contributed by atoms with Gasteiger partial charge in [-0.15, -0.1) is 0 Å². The summed E-state index contributed by atoms with van der Waals surface area (Å²) in [6.07, 6.45) is 0.960. The van der Waals surface area contributed by atoms with Crippen LogP contribution in [-0.2, 0) is 9.47 Å². The molecule has 0 aromatic heterocycles. The Morgan fingerprint density at radius 1 is 0.870 bits per heavy atom. The molecule has 1 fully saturated rings. The number of nitrogens with one attached hydrogen (secondary N) is 3. The highest BCUT2D eigenvalue weighted by atomic mass is 16.6. The maximum Gasteiger partial charge on any atom is 0.407 e. The Bertz CT molecular complexity index is 407. The molecular weight excluding hydrogens is 298 g/mol. The van der Waals surface area contributed by atoms with Gasteiger partial charge in [0.15, 0.2) is 0 Å². The molecule has 1 aliphatic rings. The summed E-state index contributed by atoms with van der Waals surface area (Å²) < 4.78 is 10.4. The predicted octanol–water partition coefficient (Wildman–Crippen LogP) is 2.16. The molecule has 0 heterocycles. The zero-order valence-electron chi connectivity index (χ0n) is 15.1. The first-order chi connectivity index (χ1) is 10.4. The van der Waals surface area contributed by atoms with Crippen LogP contribution < -0.4 is 16.0 Å². The molecule has 0 aliphatic heterocycles. The standard InChI is InChI=1S/C16H31N3O4/c1-15(2,3)22-13(20)18-8-7-17-11-9-12(10-11)19-14(21)23-16(4,5)6/h11-12,17H,7-10H2,1-6H3,(H,18,20)(H,19,21). The van der Waals surface area contributed by atoms with E-state index in [-0.39, 0.29) is 12.1 Å². The van der Waals surface area contributed by atoms with Crippen molar-refractivity contribution in [2.45, 2.75) is 77.7 Å². The van der Waals surface area contributed by atoms with Crippen molar-refractivity contribution < 1.29 is 19.1 Å². The summed E-state index contributed by atoms with van der Waals surface area (Å²) in [5.74, 6) is 0. The van der Waals surface area contributed by atoms with Crippen molar-refractivity contribution >= 4 is 12.2 Å². The van der Waals surface area contributed by atoms with Gasteiger partial charge in [0.2, 0.25) is 0 Å². The molecule has 0 spiro atoms. The molecule has 7 heteroatoms. The molecule has 1 aliphatic carbocycles. The van der Waals surface area contributed by atoms with E-state index < -0.39 is 17.3 Å². The van der Waals surface area contributed by atoms with E-state index in [4.69, 9.17) is 9.47 Å². The summed E-state index contributed by atoms with van der Waals surface area (Å²) in [5.41, 5.74) is -0.954. The maximum atomic E-state index is 11.6. The number of hydrogen-bond acceptors (Lipinski definition) is 5. The first-order valence-electron chi connectivity index (χ1n) is 8.14. The van der Waals surface area contributed by atoms with Crippen molar-refractivity contribution in [3.63, 3.8) is 0 Å². The highest BCUT2D eigenvalue weighted by Crippen LogP contribution is 2.20. The van der Waals surface area contributed by atoms with Crippen LogP contribution in [0.4, 0.5) is 9.59 Å². The minimum atomic E-state index is -0.480. The summed E-state index contributed by atoms with van der Waals surface area (Å²) in [7, 11) is 0. The molecule has 134 valence electrons. The average Bonchev–Trinajstić information content (AvgIpc) is 2.25. The van der Waals surface area contributed by atoms with Crippen molar-refractivity contribution in [3.05, 3.63) is 0 Å². The van der Waals surface area contributed by atoms with Gasteiger partial charge in [0.1, 0.15) is 11.2 Å². The smallest absolute Gasteiger partial charge is 0.407 e. The molecule has 0 saturated heterocycles. The third-order valence-electron chi connectivity index (χ3n) is 3.09. The second kappa shape index (κ2) is 7.86. The number of hydrogen-bond donors (Lipinski definition) is 3. The summed E-state index contributed by atoms with van der Waals surface area (Å²) >= 11 is 0. The Hall–Kier alpha value is -1.50. The number of rotatable bonds is 5. The second-order valence-corrected chi connectivity index (χ2v) is 7.89. The minimum Gasteiger partial charge on any atom is -0.444 e.